The lowest BCUT2D eigenvalue weighted by Gasteiger charge is -2.56. The van der Waals surface area contributed by atoms with Gasteiger partial charge in [-0.1, -0.05) is 57.4 Å². The molecule has 3 saturated carbocycles. The van der Waals surface area contributed by atoms with E-state index in [0.29, 0.717) is 65.9 Å². The quantitative estimate of drug-likeness (QED) is 0.238. The third-order valence-corrected chi connectivity index (χ3v) is 19.6. The molecule has 0 radical (unpaired) electrons. The Balaban J connectivity index is 0.924. The molecule has 0 bridgehead atoms. The van der Waals surface area contributed by atoms with Crippen LogP contribution < -0.4 is 16.0 Å². The van der Waals surface area contributed by atoms with E-state index in [4.69, 9.17) is 4.74 Å². The Hall–Kier alpha value is -2.53. The van der Waals surface area contributed by atoms with Crippen LogP contribution in [0.2, 0.25) is 0 Å². The first-order valence-corrected chi connectivity index (χ1v) is 26.4. The van der Waals surface area contributed by atoms with Crippen LogP contribution in [-0.2, 0) is 4.74 Å². The number of nitrogens with one attached hydrogen (secondary N) is 3. The summed E-state index contributed by atoms with van der Waals surface area (Å²) in [6.07, 6.45) is 42.7. The Morgan fingerprint density at radius 1 is 0.639 bits per heavy atom. The van der Waals surface area contributed by atoms with Crippen molar-refractivity contribution in [1.82, 2.24) is 25.8 Å². The molecular formula is C54H78N6O. The molecule has 17 unspecified atom stereocenters. The van der Waals surface area contributed by atoms with Gasteiger partial charge in [0.1, 0.15) is 6.10 Å². The van der Waals surface area contributed by atoms with Gasteiger partial charge in [0.25, 0.3) is 0 Å². The van der Waals surface area contributed by atoms with Crippen LogP contribution in [0.1, 0.15) is 162 Å². The molecule has 4 aliphatic heterocycles. The molecule has 8 aliphatic carbocycles. The third kappa shape index (κ3) is 6.95. The van der Waals surface area contributed by atoms with Crippen molar-refractivity contribution in [2.45, 2.75) is 210 Å². The average molecular weight is 827 g/mol. The summed E-state index contributed by atoms with van der Waals surface area (Å²) in [7, 11) is 0. The molecular weight excluding hydrogens is 749 g/mol. The fourth-order valence-electron chi connectivity index (χ4n) is 16.8. The number of allylic oxidation sites excluding steroid dienone is 5. The lowest BCUT2D eigenvalue weighted by Crippen LogP contribution is -2.74. The van der Waals surface area contributed by atoms with Crippen LogP contribution >= 0.6 is 0 Å². The van der Waals surface area contributed by atoms with E-state index in [1.54, 1.807) is 17.0 Å². The van der Waals surface area contributed by atoms with Crippen molar-refractivity contribution in [2.24, 2.45) is 59.2 Å². The van der Waals surface area contributed by atoms with Crippen molar-refractivity contribution in [2.75, 3.05) is 0 Å². The summed E-state index contributed by atoms with van der Waals surface area (Å²) in [5.41, 5.74) is 7.10. The SMILES string of the molecule is CC1CCC2=C(C1)C1CC(C)CCC1N2C1CC(N2C3=C(CCCC3)C3CCC=CC32)C(C#N)CC1C1NC(C2C=C3OC4CC=CCC4C3CC2)NC(C2CCCCC2)N1. The molecule has 0 aromatic rings. The zero-order valence-electron chi connectivity index (χ0n) is 37.8. The number of hydrogen-bond donors (Lipinski definition) is 3. The van der Waals surface area contributed by atoms with Crippen molar-refractivity contribution in [3.05, 3.63) is 58.7 Å². The number of nitriles is 1. The standard InChI is InChI=1S/C54H78N6O/c1-32-20-24-46-41(26-32)42-27-33(2)21-25-47(42)60(46)49-30-48(59-44-17-9-6-14-37(44)38-15-7-10-18-45(38)59)36(31-55)28-43(49)54-57-52(34-12-4-3-5-13-34)56-53(58-54)35-22-23-40-39-16-8-11-19-50(39)61-51(40)29-35/h8-9,11,17,29,32-37,39-41,43-44,46,48-50,52-54,56-58H,3-7,10,12-16,18-28,30H2,1-2H3. The number of fused-ring (bicyclic) bond motifs is 7. The van der Waals surface area contributed by atoms with Gasteiger partial charge in [-0.15, -0.1) is 0 Å². The fourth-order valence-corrected chi connectivity index (χ4v) is 16.8. The van der Waals surface area contributed by atoms with Gasteiger partial charge in [0, 0.05) is 71.4 Å². The van der Waals surface area contributed by atoms with Gasteiger partial charge >= 0.3 is 0 Å². The third-order valence-electron chi connectivity index (χ3n) is 19.6. The fraction of sp³-hybridized carbons (Fsp3) is 0.796. The molecule has 3 N–H and O–H groups in total. The molecule has 0 aromatic carbocycles. The van der Waals surface area contributed by atoms with Crippen LogP contribution in [0.5, 0.6) is 0 Å². The van der Waals surface area contributed by atoms with Gasteiger partial charge in [-0.05, 0) is 157 Å². The molecule has 0 aromatic heterocycles. The molecule has 5 fully saturated rings. The van der Waals surface area contributed by atoms with Gasteiger partial charge in [-0.3, -0.25) is 16.0 Å². The van der Waals surface area contributed by atoms with E-state index in [1.807, 2.05) is 5.57 Å². The van der Waals surface area contributed by atoms with Crippen molar-refractivity contribution in [1.29, 1.82) is 5.26 Å². The van der Waals surface area contributed by atoms with E-state index in [1.165, 1.54) is 134 Å². The van der Waals surface area contributed by atoms with Crippen LogP contribution in [0.25, 0.3) is 0 Å². The van der Waals surface area contributed by atoms with Gasteiger partial charge < -0.3 is 14.5 Å². The first kappa shape index (κ1) is 40.0. The zero-order chi connectivity index (χ0) is 40.8. The molecule has 0 amide bonds. The van der Waals surface area contributed by atoms with Gasteiger partial charge in [-0.25, -0.2) is 0 Å². The lowest BCUT2D eigenvalue weighted by atomic mass is 9.70. The maximum Gasteiger partial charge on any atom is 0.105 e. The predicted molar refractivity (Wildman–Crippen MR) is 243 cm³/mol. The van der Waals surface area contributed by atoms with Crippen molar-refractivity contribution < 1.29 is 4.74 Å². The van der Waals surface area contributed by atoms with Crippen LogP contribution in [0.3, 0.4) is 0 Å². The minimum Gasteiger partial charge on any atom is -0.494 e. The highest BCUT2D eigenvalue weighted by Crippen LogP contribution is 2.56. The first-order chi connectivity index (χ1) is 30.0. The molecule has 12 rings (SSSR count). The lowest BCUT2D eigenvalue weighted by molar-refractivity contribution is -0.0208. The van der Waals surface area contributed by atoms with E-state index in [0.717, 1.165) is 37.0 Å². The Morgan fingerprint density at radius 2 is 1.48 bits per heavy atom. The number of nitrogens with zero attached hydrogens (tertiary/aromatic N) is 3. The summed E-state index contributed by atoms with van der Waals surface area (Å²) in [6.45, 7) is 5.07. The van der Waals surface area contributed by atoms with Crippen LogP contribution in [0, 0.1) is 70.5 Å². The van der Waals surface area contributed by atoms with E-state index in [2.05, 4.69) is 76.0 Å². The molecule has 7 nitrogen and oxygen atoms in total. The normalized spacial score (nSPS) is 47.1. The van der Waals surface area contributed by atoms with Gasteiger partial charge in [0.15, 0.2) is 0 Å². The second-order valence-corrected chi connectivity index (χ2v) is 23.0. The van der Waals surface area contributed by atoms with Crippen molar-refractivity contribution in [3.63, 3.8) is 0 Å². The molecule has 330 valence electrons. The molecule has 61 heavy (non-hydrogen) atoms. The minimum atomic E-state index is 0.0297. The number of hydrogen-bond acceptors (Lipinski definition) is 7. The van der Waals surface area contributed by atoms with Gasteiger partial charge in [0.05, 0.1) is 42.3 Å². The molecule has 0 spiro atoms. The highest BCUT2D eigenvalue weighted by Gasteiger charge is 2.56. The largest absolute Gasteiger partial charge is 0.494 e. The summed E-state index contributed by atoms with van der Waals surface area (Å²) in [6, 6.07) is 4.90. The smallest absolute Gasteiger partial charge is 0.105 e. The monoisotopic (exact) mass is 827 g/mol. The molecule has 2 saturated heterocycles. The number of ether oxygens (including phenoxy) is 1. The average Bonchev–Trinajstić information content (AvgIpc) is 3.95. The number of rotatable bonds is 5. The van der Waals surface area contributed by atoms with Crippen molar-refractivity contribution in [3.8, 4) is 6.07 Å². The Kier molecular flexibility index (Phi) is 10.8. The van der Waals surface area contributed by atoms with E-state index in [-0.39, 0.29) is 24.3 Å². The maximum atomic E-state index is 11.5. The summed E-state index contributed by atoms with van der Waals surface area (Å²) in [4.78, 5) is 6.10. The summed E-state index contributed by atoms with van der Waals surface area (Å²) in [5, 5.41) is 24.6. The molecule has 12 aliphatic rings. The molecule has 17 atom stereocenters. The Bertz CT molecular complexity index is 1870. The summed E-state index contributed by atoms with van der Waals surface area (Å²) < 4.78 is 6.82. The van der Waals surface area contributed by atoms with Crippen LogP contribution in [-0.4, -0.2) is 58.6 Å². The zero-order valence-corrected chi connectivity index (χ0v) is 37.8. The topological polar surface area (TPSA) is 75.6 Å². The first-order valence-electron chi connectivity index (χ1n) is 26.4. The predicted octanol–water partition coefficient (Wildman–Crippen LogP) is 10.6. The highest BCUT2D eigenvalue weighted by molar-refractivity contribution is 5.35. The van der Waals surface area contributed by atoms with Gasteiger partial charge in [-0.2, -0.15) is 5.26 Å². The van der Waals surface area contributed by atoms with Gasteiger partial charge in [0.2, 0.25) is 0 Å². The Labute approximate surface area is 368 Å². The van der Waals surface area contributed by atoms with E-state index < -0.39 is 0 Å². The highest BCUT2D eigenvalue weighted by atomic mass is 16.5. The second-order valence-electron chi connectivity index (χ2n) is 23.0. The molecule has 7 heteroatoms. The Morgan fingerprint density at radius 3 is 2.38 bits per heavy atom. The van der Waals surface area contributed by atoms with Crippen LogP contribution in [0.4, 0.5) is 0 Å². The van der Waals surface area contributed by atoms with E-state index >= 15 is 0 Å². The van der Waals surface area contributed by atoms with Crippen LogP contribution in [0.15, 0.2) is 58.7 Å². The minimum absolute atomic E-state index is 0.0297. The summed E-state index contributed by atoms with van der Waals surface area (Å²) in [5.74, 6) is 7.04. The molecule has 4 heterocycles. The van der Waals surface area contributed by atoms with E-state index in [9.17, 15) is 5.26 Å². The second kappa shape index (κ2) is 16.5. The summed E-state index contributed by atoms with van der Waals surface area (Å²) >= 11 is 0. The maximum absolute atomic E-state index is 11.5. The van der Waals surface area contributed by atoms with Crippen molar-refractivity contribution >= 4 is 0 Å².